The lowest BCUT2D eigenvalue weighted by Crippen LogP contribution is -2.45. The molecule has 0 saturated heterocycles. The van der Waals surface area contributed by atoms with Gasteiger partial charge in [0.15, 0.2) is 0 Å². The van der Waals surface area contributed by atoms with Crippen molar-refractivity contribution in [2.24, 2.45) is 0 Å². The van der Waals surface area contributed by atoms with Crippen molar-refractivity contribution in [3.8, 4) is 39.9 Å². The van der Waals surface area contributed by atoms with Gasteiger partial charge in [-0.25, -0.2) is 16.8 Å². The molecule has 2 unspecified atom stereocenters. The first-order valence-corrected chi connectivity index (χ1v) is 39.8. The molecular formula is C67H72O19S8. The summed E-state index contributed by atoms with van der Waals surface area (Å²) in [6, 6.07) is 39.9. The number of hydrogen-bond donors (Lipinski definition) is 4. The second-order valence-electron chi connectivity index (χ2n) is 23.6. The van der Waals surface area contributed by atoms with Crippen LogP contribution in [0.15, 0.2) is 224 Å². The number of hydrogen-bond acceptors (Lipinski definition) is 17. The third-order valence-corrected chi connectivity index (χ3v) is 27.4. The van der Waals surface area contributed by atoms with E-state index in [0.29, 0.717) is 53.9 Å². The Morgan fingerprint density at radius 1 is 0.372 bits per heavy atom. The van der Waals surface area contributed by atoms with Crippen molar-refractivity contribution in [2.45, 2.75) is 176 Å². The van der Waals surface area contributed by atoms with Gasteiger partial charge in [0.25, 0.3) is 40.5 Å². The molecule has 0 heterocycles. The smallest absolute Gasteiger partial charge is 0.298 e. The van der Waals surface area contributed by atoms with Crippen molar-refractivity contribution in [1.82, 2.24) is 0 Å². The maximum absolute atomic E-state index is 14.4. The SMILES string of the molecule is CCC(C)(C)Oc1ccc(Oc2ccc(Oc3ccc(S(=O)(=O)c4ccc(C(C)(CC)C(C)(CC)Sc5ccc(-c6ccc(Sc7ccc(S(=O)(=O)c8ccc(C(C)(CC)CC)c(S(=O)(=O)O)c8)cc7S(=O)(=O)O)cc6)cc5)c(S(=O)(=O)O)c4)cc3S(=O)(=O)O)cc2)cc1. The lowest BCUT2D eigenvalue weighted by molar-refractivity contribution is 0.105. The van der Waals surface area contributed by atoms with Gasteiger partial charge in [0, 0.05) is 24.8 Å². The van der Waals surface area contributed by atoms with Crippen molar-refractivity contribution < 1.29 is 82.9 Å². The van der Waals surface area contributed by atoms with Crippen LogP contribution < -0.4 is 14.2 Å². The van der Waals surface area contributed by atoms with Gasteiger partial charge < -0.3 is 14.2 Å². The maximum atomic E-state index is 14.4. The summed E-state index contributed by atoms with van der Waals surface area (Å²) in [7, 11) is -29.7. The molecule has 2 atom stereocenters. The van der Waals surface area contributed by atoms with Crippen molar-refractivity contribution >= 4 is 83.7 Å². The maximum Gasteiger partial charge on any atom is 0.298 e. The predicted octanol–water partition coefficient (Wildman–Crippen LogP) is 16.0. The molecule has 8 rings (SSSR count). The van der Waals surface area contributed by atoms with Gasteiger partial charge in [-0.15, -0.1) is 11.8 Å². The second-order valence-corrected chi connectivity index (χ2v) is 35.7. The molecule has 0 spiro atoms. The summed E-state index contributed by atoms with van der Waals surface area (Å²) in [6.45, 7) is 18.9. The Kier molecular flexibility index (Phi) is 21.4. The van der Waals surface area contributed by atoms with Gasteiger partial charge in [-0.2, -0.15) is 33.7 Å². The minimum absolute atomic E-state index is 0.0217. The van der Waals surface area contributed by atoms with Crippen LogP contribution in [-0.4, -0.2) is 79.1 Å². The molecule has 4 N–H and O–H groups in total. The fraction of sp³-hybridized carbons (Fsp3) is 0.284. The molecule has 0 aliphatic rings. The topological polar surface area (TPSA) is 313 Å². The second kappa shape index (κ2) is 27.5. The predicted molar refractivity (Wildman–Crippen MR) is 360 cm³/mol. The Bertz CT molecular complexity index is 4870. The van der Waals surface area contributed by atoms with Gasteiger partial charge in [-0.05, 0) is 214 Å². The Morgan fingerprint density at radius 2 is 0.755 bits per heavy atom. The Morgan fingerprint density at radius 3 is 1.18 bits per heavy atom. The van der Waals surface area contributed by atoms with Crippen LogP contribution in [0.25, 0.3) is 11.1 Å². The van der Waals surface area contributed by atoms with E-state index >= 15 is 0 Å². The molecule has 94 heavy (non-hydrogen) atoms. The first kappa shape index (κ1) is 73.2. The molecule has 0 aliphatic carbocycles. The van der Waals surface area contributed by atoms with E-state index in [9.17, 15) is 68.7 Å². The quantitative estimate of drug-likeness (QED) is 0.0274. The van der Waals surface area contributed by atoms with Gasteiger partial charge >= 0.3 is 0 Å². The highest BCUT2D eigenvalue weighted by atomic mass is 32.2. The zero-order valence-corrected chi connectivity index (χ0v) is 59.4. The standard InChI is InChI=1S/C67H72O19S8/c1-11-64(6,7)86-49-26-24-47(25-27-49)84-46-20-22-48(23-21-46)85-58-38-34-54(42-62(58)93(78,79)80)89(68,69)53-33-37-57(61(41-53)92(75,76)77)66(9,14-4)67(10,15-5)88-51-30-18-45(19-31-51)44-16-28-50(29-17-44)87-59-39-35-55(43-63(59)94(81,82)83)90(70,71)52-32-36-56(65(8,12-2)13-3)60(40-52)91(72,73)74/h16-43H,11-15H2,1-10H3,(H,72,73,74)(H,75,76,77)(H,78,79,80)(H,81,82,83). The van der Waals surface area contributed by atoms with Gasteiger partial charge in [0.05, 0.1) is 29.4 Å². The molecule has 0 bridgehead atoms. The van der Waals surface area contributed by atoms with Crippen molar-refractivity contribution in [3.63, 3.8) is 0 Å². The van der Waals surface area contributed by atoms with E-state index in [0.717, 1.165) is 70.6 Å². The molecular weight excluding hydrogens is 1370 g/mol. The van der Waals surface area contributed by atoms with Crippen molar-refractivity contribution in [3.05, 3.63) is 181 Å². The first-order chi connectivity index (χ1) is 43.6. The number of thioether (sulfide) groups is 1. The van der Waals surface area contributed by atoms with Crippen molar-refractivity contribution in [1.29, 1.82) is 0 Å². The number of benzene rings is 8. The highest BCUT2D eigenvalue weighted by Gasteiger charge is 2.47. The van der Waals surface area contributed by atoms with Crippen LogP contribution in [0.3, 0.4) is 0 Å². The van der Waals surface area contributed by atoms with Crippen molar-refractivity contribution in [2.75, 3.05) is 0 Å². The third-order valence-electron chi connectivity index (χ3n) is 17.4. The van der Waals surface area contributed by atoms with Crippen LogP contribution in [0.2, 0.25) is 0 Å². The summed E-state index contributed by atoms with van der Waals surface area (Å²) in [4.78, 5) is -4.01. The summed E-state index contributed by atoms with van der Waals surface area (Å²) >= 11 is 2.35. The van der Waals surface area contributed by atoms with E-state index in [1.807, 2.05) is 86.6 Å². The van der Waals surface area contributed by atoms with Gasteiger partial charge in [0.2, 0.25) is 19.7 Å². The Hall–Kier alpha value is -6.60. The van der Waals surface area contributed by atoms with E-state index in [2.05, 4.69) is 0 Å². The average Bonchev–Trinajstić information content (AvgIpc) is 0.748. The van der Waals surface area contributed by atoms with Gasteiger partial charge in [-0.1, -0.05) is 96.6 Å². The summed E-state index contributed by atoms with van der Waals surface area (Å²) in [5.74, 6) is 1.24. The largest absolute Gasteiger partial charge is 0.488 e. The Balaban J connectivity index is 0.992. The summed E-state index contributed by atoms with van der Waals surface area (Å²) < 4.78 is 219. The van der Waals surface area contributed by atoms with E-state index in [1.165, 1.54) is 54.2 Å². The van der Waals surface area contributed by atoms with E-state index in [4.69, 9.17) is 14.2 Å². The molecule has 0 aromatic heterocycles. The number of sulfone groups is 2. The van der Waals surface area contributed by atoms with Crippen LogP contribution in [0.5, 0.6) is 28.7 Å². The summed E-state index contributed by atoms with van der Waals surface area (Å²) in [5.41, 5.74) is -0.365. The molecule has 27 heteroatoms. The molecule has 0 radical (unpaired) electrons. The monoisotopic (exact) mass is 1440 g/mol. The fourth-order valence-electron chi connectivity index (χ4n) is 10.6. The molecule has 502 valence electrons. The fourth-order valence-corrected chi connectivity index (χ4v) is 19.1. The highest BCUT2D eigenvalue weighted by molar-refractivity contribution is 8.01. The van der Waals surface area contributed by atoms with Crippen LogP contribution >= 0.6 is 23.5 Å². The molecule has 19 nitrogen and oxygen atoms in total. The van der Waals surface area contributed by atoms with Gasteiger partial charge in [-0.3, -0.25) is 18.2 Å². The average molecular weight is 1440 g/mol. The van der Waals surface area contributed by atoms with Crippen LogP contribution in [0, 0.1) is 0 Å². The summed E-state index contributed by atoms with van der Waals surface area (Å²) in [6.07, 6.45) is 2.46. The van der Waals surface area contributed by atoms with Gasteiger partial charge in [0.1, 0.15) is 44.1 Å². The molecule has 8 aromatic rings. The molecule has 0 aliphatic heterocycles. The third kappa shape index (κ3) is 15.9. The van der Waals surface area contributed by atoms with E-state index in [-0.39, 0.29) is 27.4 Å². The minimum atomic E-state index is -5.16. The number of rotatable bonds is 27. The first-order valence-electron chi connectivity index (χ1n) is 29.4. The van der Waals surface area contributed by atoms with E-state index < -0.39 is 121 Å². The minimum Gasteiger partial charge on any atom is -0.488 e. The Labute approximate surface area is 559 Å². The highest BCUT2D eigenvalue weighted by Crippen LogP contribution is 2.53. The van der Waals surface area contributed by atoms with Crippen LogP contribution in [-0.2, 0) is 71.0 Å². The van der Waals surface area contributed by atoms with Crippen LogP contribution in [0.4, 0.5) is 0 Å². The zero-order valence-electron chi connectivity index (χ0n) is 52.9. The lowest BCUT2D eigenvalue weighted by atomic mass is 9.69. The molecule has 0 saturated carbocycles. The molecule has 0 amide bonds. The normalized spacial score (nSPS) is 14.2. The lowest BCUT2D eigenvalue weighted by Gasteiger charge is -2.46. The van der Waals surface area contributed by atoms with E-state index in [1.54, 1.807) is 67.6 Å². The summed E-state index contributed by atoms with van der Waals surface area (Å²) in [5, 5.41) is 0. The number of ether oxygens (including phenoxy) is 3. The zero-order chi connectivity index (χ0) is 69.4. The van der Waals surface area contributed by atoms with Crippen LogP contribution in [0.1, 0.15) is 112 Å². The molecule has 8 aromatic carbocycles. The molecule has 0 fully saturated rings.